The summed E-state index contributed by atoms with van der Waals surface area (Å²) in [5, 5.41) is 15.3. The SMILES string of the molecule is C[C@@H](CO)Nc1ncc(C(=O)NC2CCCC2)cc1Cl. The molecule has 0 bridgehead atoms. The maximum Gasteiger partial charge on any atom is 0.253 e. The Hall–Kier alpha value is -1.33. The lowest BCUT2D eigenvalue weighted by molar-refractivity contribution is 0.0937. The van der Waals surface area contributed by atoms with E-state index in [4.69, 9.17) is 16.7 Å². The first kappa shape index (κ1) is 15.1. The van der Waals surface area contributed by atoms with Crippen molar-refractivity contribution in [3.63, 3.8) is 0 Å². The maximum absolute atomic E-state index is 12.1. The Bertz CT molecular complexity index is 475. The molecule has 5 nitrogen and oxygen atoms in total. The van der Waals surface area contributed by atoms with E-state index in [9.17, 15) is 4.79 Å². The van der Waals surface area contributed by atoms with Crippen LogP contribution in [0.4, 0.5) is 5.82 Å². The third kappa shape index (κ3) is 3.84. The van der Waals surface area contributed by atoms with E-state index in [2.05, 4.69) is 15.6 Å². The summed E-state index contributed by atoms with van der Waals surface area (Å²) in [5.74, 6) is 0.346. The van der Waals surface area contributed by atoms with Crippen molar-refractivity contribution in [1.82, 2.24) is 10.3 Å². The first-order valence-electron chi connectivity index (χ1n) is 6.94. The second-order valence-electron chi connectivity index (χ2n) is 5.24. The Kier molecular flexibility index (Phi) is 5.20. The van der Waals surface area contributed by atoms with Gasteiger partial charge in [0.25, 0.3) is 5.91 Å². The predicted molar refractivity (Wildman–Crippen MR) is 79.1 cm³/mol. The molecule has 1 aliphatic carbocycles. The van der Waals surface area contributed by atoms with Gasteiger partial charge in [0.15, 0.2) is 0 Å². The maximum atomic E-state index is 12.1. The fourth-order valence-electron chi connectivity index (χ4n) is 2.29. The van der Waals surface area contributed by atoms with E-state index in [-0.39, 0.29) is 24.6 Å². The van der Waals surface area contributed by atoms with E-state index in [1.165, 1.54) is 19.0 Å². The van der Waals surface area contributed by atoms with Gasteiger partial charge < -0.3 is 15.7 Å². The fraction of sp³-hybridized carbons (Fsp3) is 0.571. The van der Waals surface area contributed by atoms with Crippen LogP contribution in [0, 0.1) is 0 Å². The molecular weight excluding hydrogens is 278 g/mol. The highest BCUT2D eigenvalue weighted by atomic mass is 35.5. The van der Waals surface area contributed by atoms with Crippen LogP contribution in [0.1, 0.15) is 43.0 Å². The van der Waals surface area contributed by atoms with Gasteiger partial charge in [0.2, 0.25) is 0 Å². The van der Waals surface area contributed by atoms with Crippen molar-refractivity contribution in [2.75, 3.05) is 11.9 Å². The smallest absolute Gasteiger partial charge is 0.253 e. The van der Waals surface area contributed by atoms with Gasteiger partial charge in [0.05, 0.1) is 17.2 Å². The van der Waals surface area contributed by atoms with Gasteiger partial charge in [0.1, 0.15) is 5.82 Å². The number of aliphatic hydroxyl groups is 1. The summed E-state index contributed by atoms with van der Waals surface area (Å²) < 4.78 is 0. The van der Waals surface area contributed by atoms with E-state index in [0.717, 1.165) is 12.8 Å². The lowest BCUT2D eigenvalue weighted by Gasteiger charge is -2.14. The van der Waals surface area contributed by atoms with Gasteiger partial charge in [-0.25, -0.2) is 4.98 Å². The minimum absolute atomic E-state index is 0.0120. The van der Waals surface area contributed by atoms with Gasteiger partial charge in [-0.3, -0.25) is 4.79 Å². The highest BCUT2D eigenvalue weighted by molar-refractivity contribution is 6.33. The Morgan fingerprint density at radius 3 is 2.85 bits per heavy atom. The van der Waals surface area contributed by atoms with Crippen molar-refractivity contribution in [1.29, 1.82) is 0 Å². The van der Waals surface area contributed by atoms with Crippen LogP contribution in [0.2, 0.25) is 5.02 Å². The topological polar surface area (TPSA) is 74.2 Å². The predicted octanol–water partition coefficient (Wildman–Crippen LogP) is 2.20. The zero-order valence-corrected chi connectivity index (χ0v) is 12.3. The molecule has 0 radical (unpaired) electrons. The van der Waals surface area contributed by atoms with Crippen LogP contribution >= 0.6 is 11.6 Å². The number of pyridine rings is 1. The summed E-state index contributed by atoms with van der Waals surface area (Å²) in [6, 6.07) is 1.73. The number of halogens is 1. The van der Waals surface area contributed by atoms with Crippen LogP contribution in [-0.2, 0) is 0 Å². The standard InChI is InChI=1S/C14H20ClN3O2/c1-9(8-19)17-13-12(15)6-10(7-16-13)14(20)18-11-4-2-3-5-11/h6-7,9,11,19H,2-5,8H2,1H3,(H,16,17)(H,18,20)/t9-/m0/s1. The molecule has 0 unspecified atom stereocenters. The number of anilines is 1. The lowest BCUT2D eigenvalue weighted by Crippen LogP contribution is -2.32. The molecule has 0 aromatic carbocycles. The van der Waals surface area contributed by atoms with Gasteiger partial charge in [-0.2, -0.15) is 0 Å². The number of amides is 1. The van der Waals surface area contributed by atoms with Crippen LogP contribution in [-0.4, -0.2) is 34.7 Å². The molecule has 1 aromatic heterocycles. The third-order valence-electron chi connectivity index (χ3n) is 3.45. The summed E-state index contributed by atoms with van der Waals surface area (Å²) in [5.41, 5.74) is 0.462. The van der Waals surface area contributed by atoms with Crippen LogP contribution in [0.3, 0.4) is 0 Å². The minimum Gasteiger partial charge on any atom is -0.394 e. The lowest BCUT2D eigenvalue weighted by atomic mass is 10.2. The van der Waals surface area contributed by atoms with Gasteiger partial charge in [-0.05, 0) is 25.8 Å². The molecule has 1 atom stereocenters. The molecule has 1 saturated carbocycles. The summed E-state index contributed by atoms with van der Waals surface area (Å²) >= 11 is 6.10. The van der Waals surface area contributed by atoms with Crippen molar-refractivity contribution < 1.29 is 9.90 Å². The molecule has 1 amide bonds. The molecular formula is C14H20ClN3O2. The average Bonchev–Trinajstić information content (AvgIpc) is 2.93. The summed E-state index contributed by atoms with van der Waals surface area (Å²) in [6.45, 7) is 1.81. The Morgan fingerprint density at radius 2 is 2.25 bits per heavy atom. The van der Waals surface area contributed by atoms with Crippen LogP contribution in [0.25, 0.3) is 0 Å². The molecule has 1 heterocycles. The average molecular weight is 298 g/mol. The Balaban J connectivity index is 2.02. The summed E-state index contributed by atoms with van der Waals surface area (Å²) in [6.07, 6.45) is 5.93. The van der Waals surface area contributed by atoms with Crippen LogP contribution in [0.5, 0.6) is 0 Å². The van der Waals surface area contributed by atoms with Crippen molar-refractivity contribution in [2.45, 2.75) is 44.7 Å². The van der Waals surface area contributed by atoms with E-state index in [0.29, 0.717) is 16.4 Å². The number of nitrogens with zero attached hydrogens (tertiary/aromatic N) is 1. The monoisotopic (exact) mass is 297 g/mol. The zero-order valence-electron chi connectivity index (χ0n) is 11.5. The molecule has 0 aliphatic heterocycles. The number of nitrogens with one attached hydrogen (secondary N) is 2. The molecule has 20 heavy (non-hydrogen) atoms. The van der Waals surface area contributed by atoms with Crippen molar-refractivity contribution in [2.24, 2.45) is 0 Å². The molecule has 0 spiro atoms. The van der Waals surface area contributed by atoms with Crippen LogP contribution < -0.4 is 10.6 Å². The number of hydrogen-bond donors (Lipinski definition) is 3. The summed E-state index contributed by atoms with van der Waals surface area (Å²) in [7, 11) is 0. The number of aliphatic hydroxyl groups excluding tert-OH is 1. The fourth-order valence-corrected chi connectivity index (χ4v) is 2.51. The number of aromatic nitrogens is 1. The number of rotatable bonds is 5. The molecule has 110 valence electrons. The normalized spacial score (nSPS) is 16.9. The Labute approximate surface area is 123 Å². The van der Waals surface area contributed by atoms with E-state index < -0.39 is 0 Å². The second-order valence-corrected chi connectivity index (χ2v) is 5.64. The summed E-state index contributed by atoms with van der Waals surface area (Å²) in [4.78, 5) is 16.2. The second kappa shape index (κ2) is 6.90. The van der Waals surface area contributed by atoms with Crippen LogP contribution in [0.15, 0.2) is 12.3 Å². The molecule has 3 N–H and O–H groups in total. The Morgan fingerprint density at radius 1 is 1.55 bits per heavy atom. The molecule has 1 aromatic rings. The largest absolute Gasteiger partial charge is 0.394 e. The number of carbonyl (C=O) groups is 1. The zero-order chi connectivity index (χ0) is 14.5. The molecule has 1 fully saturated rings. The number of carbonyl (C=O) groups excluding carboxylic acids is 1. The first-order valence-corrected chi connectivity index (χ1v) is 7.31. The molecule has 1 aliphatic rings. The van der Waals surface area contributed by atoms with Crippen molar-refractivity contribution in [3.05, 3.63) is 22.8 Å². The molecule has 6 heteroatoms. The van der Waals surface area contributed by atoms with Crippen molar-refractivity contribution in [3.8, 4) is 0 Å². The quantitative estimate of drug-likeness (QED) is 0.779. The third-order valence-corrected chi connectivity index (χ3v) is 3.74. The van der Waals surface area contributed by atoms with Gasteiger partial charge in [-0.1, -0.05) is 24.4 Å². The van der Waals surface area contributed by atoms with Gasteiger partial charge >= 0.3 is 0 Å². The van der Waals surface area contributed by atoms with Gasteiger partial charge in [-0.15, -0.1) is 0 Å². The number of hydrogen-bond acceptors (Lipinski definition) is 4. The highest BCUT2D eigenvalue weighted by Gasteiger charge is 2.19. The van der Waals surface area contributed by atoms with E-state index in [1.807, 2.05) is 6.92 Å². The molecule has 0 saturated heterocycles. The van der Waals surface area contributed by atoms with Crippen molar-refractivity contribution >= 4 is 23.3 Å². The first-order chi connectivity index (χ1) is 9.60. The van der Waals surface area contributed by atoms with Gasteiger partial charge in [0, 0.05) is 18.3 Å². The van der Waals surface area contributed by atoms with E-state index >= 15 is 0 Å². The molecule has 2 rings (SSSR count). The minimum atomic E-state index is -0.141. The van der Waals surface area contributed by atoms with E-state index in [1.54, 1.807) is 6.07 Å². The highest BCUT2D eigenvalue weighted by Crippen LogP contribution is 2.22.